The summed E-state index contributed by atoms with van der Waals surface area (Å²) in [6.07, 6.45) is 0.685. The van der Waals surface area contributed by atoms with Crippen molar-refractivity contribution in [2.45, 2.75) is 45.9 Å². The van der Waals surface area contributed by atoms with Crippen LogP contribution in [0.25, 0.3) is 10.9 Å². The first-order valence-electron chi connectivity index (χ1n) is 7.37. The molecular weight excluding hydrogens is 248 g/mol. The largest absolute Gasteiger partial charge is 0.392 e. The van der Waals surface area contributed by atoms with E-state index in [4.69, 9.17) is 0 Å². The summed E-state index contributed by atoms with van der Waals surface area (Å²) in [5.41, 5.74) is 3.96. The summed E-state index contributed by atoms with van der Waals surface area (Å²) < 4.78 is 2.28. The van der Waals surface area contributed by atoms with E-state index in [9.17, 15) is 5.11 Å². The van der Waals surface area contributed by atoms with Crippen LogP contribution < -0.4 is 5.32 Å². The first-order chi connectivity index (χ1) is 9.43. The van der Waals surface area contributed by atoms with E-state index in [0.717, 1.165) is 13.0 Å². The number of benzene rings is 1. The second-order valence-electron chi connectivity index (χ2n) is 6.65. The Labute approximate surface area is 120 Å². The molecule has 0 amide bonds. The van der Waals surface area contributed by atoms with Crippen LogP contribution in [0.2, 0.25) is 0 Å². The van der Waals surface area contributed by atoms with Crippen LogP contribution in [0, 0.1) is 12.3 Å². The number of aliphatic hydroxyl groups excluding tert-OH is 1. The molecule has 2 N–H and O–H groups in total. The minimum atomic E-state index is -0.173. The number of aromatic nitrogens is 1. The number of rotatable bonds is 3. The molecule has 0 saturated heterocycles. The first kappa shape index (κ1) is 13.7. The van der Waals surface area contributed by atoms with E-state index in [-0.39, 0.29) is 11.5 Å². The van der Waals surface area contributed by atoms with E-state index < -0.39 is 0 Å². The van der Waals surface area contributed by atoms with E-state index in [1.807, 2.05) is 0 Å². The third-order valence-electron chi connectivity index (χ3n) is 5.24. The van der Waals surface area contributed by atoms with Crippen molar-refractivity contribution in [2.24, 2.45) is 12.5 Å². The maximum atomic E-state index is 9.82. The Bertz CT molecular complexity index is 603. The maximum Gasteiger partial charge on any atom is 0.0621 e. The summed E-state index contributed by atoms with van der Waals surface area (Å²) in [4.78, 5) is 0. The molecule has 1 heterocycles. The zero-order chi connectivity index (χ0) is 14.5. The predicted octanol–water partition coefficient (Wildman–Crippen LogP) is 2.74. The van der Waals surface area contributed by atoms with E-state index >= 15 is 0 Å². The highest BCUT2D eigenvalue weighted by Crippen LogP contribution is 2.40. The molecule has 1 saturated carbocycles. The summed E-state index contributed by atoms with van der Waals surface area (Å²) >= 11 is 0. The van der Waals surface area contributed by atoms with Gasteiger partial charge in [-0.1, -0.05) is 32.0 Å². The van der Waals surface area contributed by atoms with Crippen LogP contribution in [0.4, 0.5) is 0 Å². The van der Waals surface area contributed by atoms with Gasteiger partial charge >= 0.3 is 0 Å². The van der Waals surface area contributed by atoms with Crippen molar-refractivity contribution in [1.82, 2.24) is 9.88 Å². The molecule has 3 rings (SSSR count). The molecule has 0 radical (unpaired) electrons. The molecule has 0 bridgehead atoms. The topological polar surface area (TPSA) is 37.2 Å². The number of aryl methyl sites for hydroxylation is 2. The van der Waals surface area contributed by atoms with Crippen LogP contribution in [-0.2, 0) is 13.6 Å². The Morgan fingerprint density at radius 3 is 2.65 bits per heavy atom. The molecule has 1 fully saturated rings. The van der Waals surface area contributed by atoms with Crippen LogP contribution in [0.1, 0.15) is 31.5 Å². The number of nitrogens with zero attached hydrogens (tertiary/aromatic N) is 1. The summed E-state index contributed by atoms with van der Waals surface area (Å²) in [7, 11) is 2.13. The second kappa shape index (κ2) is 4.61. The fraction of sp³-hybridized carbons (Fsp3) is 0.529. The number of hydrogen-bond acceptors (Lipinski definition) is 2. The van der Waals surface area contributed by atoms with Gasteiger partial charge in [0.2, 0.25) is 0 Å². The molecule has 0 spiro atoms. The van der Waals surface area contributed by atoms with Crippen LogP contribution in [0.5, 0.6) is 0 Å². The summed E-state index contributed by atoms with van der Waals surface area (Å²) in [5, 5.41) is 14.8. The predicted molar refractivity (Wildman–Crippen MR) is 82.7 cm³/mol. The SMILES string of the molecule is Cc1c(CNC2CC(O)C2(C)C)n(C)c2ccccc12. The van der Waals surface area contributed by atoms with Crippen molar-refractivity contribution in [1.29, 1.82) is 0 Å². The van der Waals surface area contributed by atoms with E-state index in [2.05, 4.69) is 62.0 Å². The van der Waals surface area contributed by atoms with E-state index in [1.54, 1.807) is 0 Å². The van der Waals surface area contributed by atoms with Gasteiger partial charge in [-0.15, -0.1) is 0 Å². The number of nitrogens with one attached hydrogen (secondary N) is 1. The maximum absolute atomic E-state index is 9.82. The van der Waals surface area contributed by atoms with Gasteiger partial charge in [-0.25, -0.2) is 0 Å². The molecule has 1 aliphatic carbocycles. The lowest BCUT2D eigenvalue weighted by molar-refractivity contribution is -0.0731. The Hall–Kier alpha value is -1.32. The van der Waals surface area contributed by atoms with Crippen molar-refractivity contribution in [3.8, 4) is 0 Å². The fourth-order valence-electron chi connectivity index (χ4n) is 3.36. The van der Waals surface area contributed by atoms with Crippen molar-refractivity contribution in [2.75, 3.05) is 0 Å². The highest BCUT2D eigenvalue weighted by Gasteiger charge is 2.46. The minimum absolute atomic E-state index is 0.0154. The van der Waals surface area contributed by atoms with Gasteiger partial charge in [-0.05, 0) is 25.0 Å². The zero-order valence-electron chi connectivity index (χ0n) is 12.8. The van der Waals surface area contributed by atoms with Gasteiger partial charge < -0.3 is 15.0 Å². The van der Waals surface area contributed by atoms with Crippen LogP contribution in [0.3, 0.4) is 0 Å². The molecule has 2 unspecified atom stereocenters. The molecule has 20 heavy (non-hydrogen) atoms. The van der Waals surface area contributed by atoms with E-state index in [1.165, 1.54) is 22.2 Å². The van der Waals surface area contributed by atoms with Crippen molar-refractivity contribution in [3.05, 3.63) is 35.5 Å². The van der Waals surface area contributed by atoms with Crippen molar-refractivity contribution in [3.63, 3.8) is 0 Å². The quantitative estimate of drug-likeness (QED) is 0.901. The first-order valence-corrected chi connectivity index (χ1v) is 7.37. The number of para-hydroxylation sites is 1. The lowest BCUT2D eigenvalue weighted by Crippen LogP contribution is -2.59. The highest BCUT2D eigenvalue weighted by molar-refractivity contribution is 5.85. The van der Waals surface area contributed by atoms with Crippen LogP contribution >= 0.6 is 0 Å². The van der Waals surface area contributed by atoms with Gasteiger partial charge in [0.15, 0.2) is 0 Å². The van der Waals surface area contributed by atoms with Gasteiger partial charge in [0.25, 0.3) is 0 Å². The average molecular weight is 272 g/mol. The normalized spacial score (nSPS) is 24.9. The third-order valence-corrected chi connectivity index (χ3v) is 5.24. The van der Waals surface area contributed by atoms with Crippen molar-refractivity contribution < 1.29 is 5.11 Å². The third kappa shape index (κ3) is 1.88. The second-order valence-corrected chi connectivity index (χ2v) is 6.65. The molecule has 1 aliphatic rings. The lowest BCUT2D eigenvalue weighted by Gasteiger charge is -2.49. The number of fused-ring (bicyclic) bond motifs is 1. The van der Waals surface area contributed by atoms with Crippen LogP contribution in [-0.4, -0.2) is 21.8 Å². The number of hydrogen-bond donors (Lipinski definition) is 2. The molecule has 1 aromatic heterocycles. The summed E-state index contributed by atoms with van der Waals surface area (Å²) in [6.45, 7) is 7.32. The molecule has 108 valence electrons. The average Bonchev–Trinajstić information content (AvgIpc) is 2.68. The molecule has 0 aliphatic heterocycles. The van der Waals surface area contributed by atoms with Gasteiger partial charge in [0.1, 0.15) is 0 Å². The van der Waals surface area contributed by atoms with E-state index in [0.29, 0.717) is 6.04 Å². The zero-order valence-corrected chi connectivity index (χ0v) is 12.8. The highest BCUT2D eigenvalue weighted by atomic mass is 16.3. The smallest absolute Gasteiger partial charge is 0.0621 e. The summed E-state index contributed by atoms with van der Waals surface area (Å²) in [6, 6.07) is 8.94. The Morgan fingerprint density at radius 1 is 1.35 bits per heavy atom. The van der Waals surface area contributed by atoms with Gasteiger partial charge in [-0.2, -0.15) is 0 Å². The minimum Gasteiger partial charge on any atom is -0.392 e. The number of aliphatic hydroxyl groups is 1. The van der Waals surface area contributed by atoms with Gasteiger partial charge in [0.05, 0.1) is 6.10 Å². The van der Waals surface area contributed by atoms with Crippen LogP contribution in [0.15, 0.2) is 24.3 Å². The van der Waals surface area contributed by atoms with Gasteiger partial charge in [0, 0.05) is 41.6 Å². The standard InChI is InChI=1S/C17H24N2O/c1-11-12-7-5-6-8-13(12)19(4)14(11)10-18-15-9-16(20)17(15,2)3/h5-8,15-16,18,20H,9-10H2,1-4H3. The molecule has 3 heteroatoms. The summed E-state index contributed by atoms with van der Waals surface area (Å²) in [5.74, 6) is 0. The monoisotopic (exact) mass is 272 g/mol. The Morgan fingerprint density at radius 2 is 2.05 bits per heavy atom. The van der Waals surface area contributed by atoms with Gasteiger partial charge in [-0.3, -0.25) is 0 Å². The molecule has 2 atom stereocenters. The fourth-order valence-corrected chi connectivity index (χ4v) is 3.36. The molecular formula is C17H24N2O. The lowest BCUT2D eigenvalue weighted by atomic mass is 9.64. The Balaban J connectivity index is 1.82. The Kier molecular flexibility index (Phi) is 3.14. The molecule has 1 aromatic carbocycles. The molecule has 3 nitrogen and oxygen atoms in total. The molecule has 2 aromatic rings. The van der Waals surface area contributed by atoms with Crippen molar-refractivity contribution >= 4 is 10.9 Å².